The van der Waals surface area contributed by atoms with Crippen molar-refractivity contribution < 1.29 is 13.7 Å². The number of nitrogens with zero attached hydrogens (tertiary/aromatic N) is 1. The largest absolute Gasteiger partial charge is 0.361 e. The molecule has 6 heteroatoms. The Bertz CT molecular complexity index is 938. The van der Waals surface area contributed by atoms with Crippen molar-refractivity contribution in [3.05, 3.63) is 52.3 Å². The van der Waals surface area contributed by atoms with Gasteiger partial charge >= 0.3 is 0 Å². The highest BCUT2D eigenvalue weighted by Gasteiger charge is 2.26. The van der Waals surface area contributed by atoms with Gasteiger partial charge in [-0.15, -0.1) is 0 Å². The number of aromatic nitrogens is 2. The molecule has 1 aliphatic carbocycles. The van der Waals surface area contributed by atoms with Gasteiger partial charge in [-0.25, -0.2) is 4.39 Å². The third-order valence-corrected chi connectivity index (χ3v) is 5.02. The van der Waals surface area contributed by atoms with Crippen molar-refractivity contribution in [2.45, 2.75) is 45.6 Å². The monoisotopic (exact) mass is 341 g/mol. The Morgan fingerprint density at radius 3 is 3.04 bits per heavy atom. The summed E-state index contributed by atoms with van der Waals surface area (Å²) in [6.45, 7) is 3.65. The molecule has 1 aliphatic rings. The lowest BCUT2D eigenvalue weighted by molar-refractivity contribution is -0.121. The number of halogens is 1. The number of carbonyl (C=O) groups is 1. The SMILES string of the molecule is Cc1noc(C)c1CC(=O)NC1CCCc2c1[nH]c1ccc(F)cc21. The standard InChI is InChI=1S/C19H20FN3O2/c1-10-14(11(2)25-23-10)9-18(24)21-17-5-3-4-13-15-8-12(20)6-7-16(15)22-19(13)17/h6-8,17,22H,3-5,9H2,1-2H3,(H,21,24). The first-order valence-corrected chi connectivity index (χ1v) is 8.54. The zero-order valence-electron chi connectivity index (χ0n) is 14.3. The molecular formula is C19H20FN3O2. The van der Waals surface area contributed by atoms with E-state index >= 15 is 0 Å². The summed E-state index contributed by atoms with van der Waals surface area (Å²) in [5.41, 5.74) is 4.62. The van der Waals surface area contributed by atoms with Gasteiger partial charge < -0.3 is 14.8 Å². The van der Waals surface area contributed by atoms with Gasteiger partial charge in [0.2, 0.25) is 5.91 Å². The smallest absolute Gasteiger partial charge is 0.225 e. The third-order valence-electron chi connectivity index (χ3n) is 5.02. The van der Waals surface area contributed by atoms with Crippen LogP contribution in [0.1, 0.15) is 47.2 Å². The Balaban J connectivity index is 1.59. The Hall–Kier alpha value is -2.63. The normalized spacial score (nSPS) is 16.8. The minimum absolute atomic E-state index is 0.0583. The molecule has 1 atom stereocenters. The maximum atomic E-state index is 13.6. The molecule has 0 bridgehead atoms. The van der Waals surface area contributed by atoms with Crippen LogP contribution in [0.4, 0.5) is 4.39 Å². The maximum absolute atomic E-state index is 13.6. The van der Waals surface area contributed by atoms with Crippen LogP contribution in [0.2, 0.25) is 0 Å². The number of aryl methyl sites for hydroxylation is 3. The zero-order chi connectivity index (χ0) is 17.6. The van der Waals surface area contributed by atoms with Gasteiger partial charge in [0.15, 0.2) is 0 Å². The Kier molecular flexibility index (Phi) is 3.82. The minimum Gasteiger partial charge on any atom is -0.361 e. The number of hydrogen-bond donors (Lipinski definition) is 2. The van der Waals surface area contributed by atoms with Gasteiger partial charge in [-0.1, -0.05) is 5.16 Å². The van der Waals surface area contributed by atoms with E-state index in [4.69, 9.17) is 4.52 Å². The molecule has 2 N–H and O–H groups in total. The number of aromatic amines is 1. The van der Waals surface area contributed by atoms with Crippen LogP contribution >= 0.6 is 0 Å². The number of H-pyrrole nitrogens is 1. The van der Waals surface area contributed by atoms with Gasteiger partial charge in [-0.2, -0.15) is 0 Å². The average molecular weight is 341 g/mol. The van der Waals surface area contributed by atoms with E-state index in [0.717, 1.165) is 52.7 Å². The lowest BCUT2D eigenvalue weighted by Gasteiger charge is -2.24. The fraction of sp³-hybridized carbons (Fsp3) is 0.368. The van der Waals surface area contributed by atoms with Gasteiger partial charge in [0.05, 0.1) is 18.2 Å². The second kappa shape index (κ2) is 6.02. The van der Waals surface area contributed by atoms with Gasteiger partial charge in [0.1, 0.15) is 11.6 Å². The topological polar surface area (TPSA) is 70.9 Å². The fourth-order valence-corrected chi connectivity index (χ4v) is 3.74. The van der Waals surface area contributed by atoms with Crippen LogP contribution in [0.5, 0.6) is 0 Å². The maximum Gasteiger partial charge on any atom is 0.225 e. The highest BCUT2D eigenvalue weighted by molar-refractivity contribution is 5.86. The van der Waals surface area contributed by atoms with Crippen molar-refractivity contribution in [3.63, 3.8) is 0 Å². The van der Waals surface area contributed by atoms with E-state index < -0.39 is 0 Å². The molecule has 3 aromatic rings. The third kappa shape index (κ3) is 2.81. The number of hydrogen-bond acceptors (Lipinski definition) is 3. The lowest BCUT2D eigenvalue weighted by atomic mass is 9.91. The molecule has 0 spiro atoms. The molecule has 0 aliphatic heterocycles. The number of rotatable bonds is 3. The van der Waals surface area contributed by atoms with E-state index in [1.165, 1.54) is 6.07 Å². The van der Waals surface area contributed by atoms with Gasteiger partial charge in [0, 0.05) is 22.2 Å². The average Bonchev–Trinajstić information content (AvgIpc) is 3.10. The quantitative estimate of drug-likeness (QED) is 0.764. The predicted octanol–water partition coefficient (Wildman–Crippen LogP) is 3.65. The van der Waals surface area contributed by atoms with Crippen LogP contribution in [0, 0.1) is 19.7 Å². The molecule has 2 heterocycles. The summed E-state index contributed by atoms with van der Waals surface area (Å²) in [5, 5.41) is 7.92. The predicted molar refractivity (Wildman–Crippen MR) is 91.8 cm³/mol. The summed E-state index contributed by atoms with van der Waals surface area (Å²) in [6, 6.07) is 4.70. The molecule has 1 amide bonds. The fourth-order valence-electron chi connectivity index (χ4n) is 3.74. The highest BCUT2D eigenvalue weighted by Crippen LogP contribution is 2.35. The zero-order valence-corrected chi connectivity index (χ0v) is 14.3. The first-order valence-electron chi connectivity index (χ1n) is 8.54. The first kappa shape index (κ1) is 15.9. The van der Waals surface area contributed by atoms with Crippen LogP contribution < -0.4 is 5.32 Å². The van der Waals surface area contributed by atoms with Gasteiger partial charge in [-0.05, 0) is 56.9 Å². The molecule has 0 fully saturated rings. The summed E-state index contributed by atoms with van der Waals surface area (Å²) in [7, 11) is 0. The number of amides is 1. The molecule has 2 aromatic heterocycles. The number of carbonyl (C=O) groups excluding carboxylic acids is 1. The molecule has 0 radical (unpaired) electrons. The molecule has 1 aromatic carbocycles. The van der Waals surface area contributed by atoms with E-state index in [9.17, 15) is 9.18 Å². The Labute approximate surface area is 144 Å². The van der Waals surface area contributed by atoms with Crippen LogP contribution in [0.15, 0.2) is 22.7 Å². The summed E-state index contributed by atoms with van der Waals surface area (Å²) in [6.07, 6.45) is 2.99. The van der Waals surface area contributed by atoms with E-state index in [0.29, 0.717) is 5.76 Å². The first-order chi connectivity index (χ1) is 12.0. The molecule has 0 saturated carbocycles. The van der Waals surface area contributed by atoms with E-state index in [1.807, 2.05) is 13.8 Å². The number of fused-ring (bicyclic) bond motifs is 3. The Morgan fingerprint density at radius 2 is 2.28 bits per heavy atom. The van der Waals surface area contributed by atoms with Crippen LogP contribution in [-0.4, -0.2) is 16.0 Å². The van der Waals surface area contributed by atoms with Crippen LogP contribution in [0.3, 0.4) is 0 Å². The molecule has 5 nitrogen and oxygen atoms in total. The second-order valence-electron chi connectivity index (χ2n) is 6.70. The van der Waals surface area contributed by atoms with E-state index in [2.05, 4.69) is 15.5 Å². The summed E-state index contributed by atoms with van der Waals surface area (Å²) < 4.78 is 18.7. The van der Waals surface area contributed by atoms with Crippen molar-refractivity contribution >= 4 is 16.8 Å². The summed E-state index contributed by atoms with van der Waals surface area (Å²) in [5.74, 6) is 0.383. The minimum atomic E-state index is -0.237. The summed E-state index contributed by atoms with van der Waals surface area (Å²) >= 11 is 0. The molecule has 0 saturated heterocycles. The van der Waals surface area contributed by atoms with Crippen molar-refractivity contribution in [1.82, 2.24) is 15.5 Å². The molecular weight excluding hydrogens is 321 g/mol. The van der Waals surface area contributed by atoms with Crippen LogP contribution in [0.25, 0.3) is 10.9 Å². The van der Waals surface area contributed by atoms with E-state index in [-0.39, 0.29) is 24.2 Å². The van der Waals surface area contributed by atoms with Crippen molar-refractivity contribution in [2.24, 2.45) is 0 Å². The molecule has 4 rings (SSSR count). The van der Waals surface area contributed by atoms with E-state index in [1.54, 1.807) is 12.1 Å². The van der Waals surface area contributed by atoms with Crippen LogP contribution in [-0.2, 0) is 17.6 Å². The van der Waals surface area contributed by atoms with Crippen molar-refractivity contribution in [1.29, 1.82) is 0 Å². The highest BCUT2D eigenvalue weighted by atomic mass is 19.1. The Morgan fingerprint density at radius 1 is 1.44 bits per heavy atom. The molecule has 130 valence electrons. The number of benzene rings is 1. The van der Waals surface area contributed by atoms with Gasteiger partial charge in [-0.3, -0.25) is 4.79 Å². The van der Waals surface area contributed by atoms with Gasteiger partial charge in [0.25, 0.3) is 0 Å². The van der Waals surface area contributed by atoms with Crippen molar-refractivity contribution in [2.75, 3.05) is 0 Å². The molecule has 25 heavy (non-hydrogen) atoms. The van der Waals surface area contributed by atoms with Crippen molar-refractivity contribution in [3.8, 4) is 0 Å². The second-order valence-corrected chi connectivity index (χ2v) is 6.70. The summed E-state index contributed by atoms with van der Waals surface area (Å²) in [4.78, 5) is 15.9. The molecule has 1 unspecified atom stereocenters. The lowest BCUT2D eigenvalue weighted by Crippen LogP contribution is -2.32. The number of nitrogens with one attached hydrogen (secondary N) is 2.